The van der Waals surface area contributed by atoms with E-state index in [9.17, 15) is 0 Å². The first-order chi connectivity index (χ1) is 13.3. The number of halogens is 1. The molecule has 0 unspecified atom stereocenters. The van der Waals surface area contributed by atoms with Gasteiger partial charge in [0.15, 0.2) is 0 Å². The largest absolute Gasteiger partial charge is 0.283 e. The van der Waals surface area contributed by atoms with Gasteiger partial charge in [0.05, 0.1) is 34.2 Å². The summed E-state index contributed by atoms with van der Waals surface area (Å²) >= 11 is 2.38. The van der Waals surface area contributed by atoms with Crippen LogP contribution in [0, 0.1) is 0 Å². The molecule has 3 aromatic rings. The summed E-state index contributed by atoms with van der Waals surface area (Å²) in [7, 11) is 0. The molecule has 136 valence electrons. The molecule has 0 N–H and O–H groups in total. The minimum atomic E-state index is 0.944. The van der Waals surface area contributed by atoms with Crippen molar-refractivity contribution in [2.24, 2.45) is 0 Å². The van der Waals surface area contributed by atoms with E-state index in [2.05, 4.69) is 130 Å². The van der Waals surface area contributed by atoms with Crippen LogP contribution in [-0.2, 0) is 6.42 Å². The SMILES string of the molecule is CC/C=C\C=C/Cc1cccc(N(I)c2ccc(-c3ccccc3)cc2)c1. The van der Waals surface area contributed by atoms with E-state index in [-0.39, 0.29) is 0 Å². The zero-order valence-electron chi connectivity index (χ0n) is 15.6. The highest BCUT2D eigenvalue weighted by Crippen LogP contribution is 2.31. The second-order valence-electron chi connectivity index (χ2n) is 6.33. The third kappa shape index (κ3) is 5.57. The van der Waals surface area contributed by atoms with Crippen LogP contribution >= 0.6 is 22.9 Å². The highest BCUT2D eigenvalue weighted by Gasteiger charge is 2.07. The van der Waals surface area contributed by atoms with E-state index in [1.165, 1.54) is 28.1 Å². The van der Waals surface area contributed by atoms with Gasteiger partial charge in [-0.05, 0) is 53.8 Å². The summed E-state index contributed by atoms with van der Waals surface area (Å²) in [4.78, 5) is 0. The predicted molar refractivity (Wildman–Crippen MR) is 127 cm³/mol. The quantitative estimate of drug-likeness (QED) is 0.195. The highest BCUT2D eigenvalue weighted by molar-refractivity contribution is 14.1. The zero-order valence-corrected chi connectivity index (χ0v) is 17.7. The van der Waals surface area contributed by atoms with Crippen molar-refractivity contribution >= 4 is 34.2 Å². The number of rotatable bonds is 7. The topological polar surface area (TPSA) is 3.24 Å². The van der Waals surface area contributed by atoms with Gasteiger partial charge in [0.1, 0.15) is 0 Å². The lowest BCUT2D eigenvalue weighted by Crippen LogP contribution is -2.01. The minimum Gasteiger partial charge on any atom is -0.283 e. The van der Waals surface area contributed by atoms with E-state index in [0.29, 0.717) is 0 Å². The predicted octanol–water partition coefficient (Wildman–Crippen LogP) is 7.91. The van der Waals surface area contributed by atoms with E-state index in [1.54, 1.807) is 0 Å². The zero-order chi connectivity index (χ0) is 18.9. The molecule has 0 heterocycles. The fourth-order valence-corrected chi connectivity index (χ4v) is 3.49. The van der Waals surface area contributed by atoms with Crippen LogP contribution in [0.25, 0.3) is 11.1 Å². The van der Waals surface area contributed by atoms with E-state index in [1.807, 2.05) is 6.07 Å². The molecule has 0 saturated carbocycles. The van der Waals surface area contributed by atoms with Crippen molar-refractivity contribution in [3.8, 4) is 11.1 Å². The smallest absolute Gasteiger partial charge is 0.0646 e. The molecular weight excluding hydrogens is 441 g/mol. The first-order valence-electron chi connectivity index (χ1n) is 9.30. The molecule has 0 saturated heterocycles. The van der Waals surface area contributed by atoms with Gasteiger partial charge in [0.2, 0.25) is 0 Å². The molecule has 2 heteroatoms. The maximum atomic E-state index is 2.38. The van der Waals surface area contributed by atoms with Crippen molar-refractivity contribution in [3.63, 3.8) is 0 Å². The maximum absolute atomic E-state index is 2.38. The summed E-state index contributed by atoms with van der Waals surface area (Å²) in [5.74, 6) is 0. The van der Waals surface area contributed by atoms with Gasteiger partial charge < -0.3 is 0 Å². The molecule has 0 radical (unpaired) electrons. The molecule has 27 heavy (non-hydrogen) atoms. The Morgan fingerprint density at radius 1 is 0.741 bits per heavy atom. The Kier molecular flexibility index (Phi) is 7.28. The van der Waals surface area contributed by atoms with Gasteiger partial charge in [0.25, 0.3) is 0 Å². The van der Waals surface area contributed by atoms with Crippen molar-refractivity contribution in [3.05, 3.63) is 109 Å². The third-order valence-electron chi connectivity index (χ3n) is 4.31. The molecule has 0 fully saturated rings. The van der Waals surface area contributed by atoms with Crippen LogP contribution in [0.15, 0.2) is 103 Å². The molecule has 0 spiro atoms. The van der Waals surface area contributed by atoms with Crippen LogP contribution in [-0.4, -0.2) is 0 Å². The fraction of sp³-hybridized carbons (Fsp3) is 0.120. The van der Waals surface area contributed by atoms with Crippen LogP contribution in [0.3, 0.4) is 0 Å². The van der Waals surface area contributed by atoms with Crippen molar-refractivity contribution in [2.75, 3.05) is 3.11 Å². The van der Waals surface area contributed by atoms with Crippen molar-refractivity contribution in [1.29, 1.82) is 0 Å². The lowest BCUT2D eigenvalue weighted by Gasteiger charge is -2.18. The van der Waals surface area contributed by atoms with Crippen molar-refractivity contribution in [2.45, 2.75) is 19.8 Å². The Balaban J connectivity index is 1.72. The van der Waals surface area contributed by atoms with E-state index in [4.69, 9.17) is 0 Å². The van der Waals surface area contributed by atoms with Crippen LogP contribution in [0.2, 0.25) is 0 Å². The second kappa shape index (κ2) is 10.1. The summed E-state index contributed by atoms with van der Waals surface area (Å²) in [6.07, 6.45) is 10.6. The first-order valence-corrected chi connectivity index (χ1v) is 10.3. The summed E-state index contributed by atoms with van der Waals surface area (Å²) in [5.41, 5.74) is 6.17. The maximum Gasteiger partial charge on any atom is 0.0646 e. The van der Waals surface area contributed by atoms with Gasteiger partial charge in [-0.25, -0.2) is 0 Å². The number of anilines is 2. The molecule has 0 aliphatic heterocycles. The molecule has 0 aliphatic rings. The Bertz CT molecular complexity index is 895. The monoisotopic (exact) mass is 465 g/mol. The molecule has 0 atom stereocenters. The average molecular weight is 465 g/mol. The van der Waals surface area contributed by atoms with Gasteiger partial charge in [-0.3, -0.25) is 3.11 Å². The molecule has 0 aliphatic carbocycles. The number of nitrogens with zero attached hydrogens (tertiary/aromatic N) is 1. The molecule has 3 aromatic carbocycles. The standard InChI is InChI=1S/C25H24IN/c1-2-3-4-5-7-11-21-12-10-15-25(20-21)27(26)24-18-16-23(17-19-24)22-13-8-6-9-14-22/h3-10,12-20H,2,11H2,1H3/b4-3-,7-5-. The lowest BCUT2D eigenvalue weighted by molar-refractivity contribution is 1.22. The number of allylic oxidation sites excluding steroid dienone is 4. The number of benzene rings is 3. The fourth-order valence-electron chi connectivity index (χ4n) is 2.87. The van der Waals surface area contributed by atoms with Crippen molar-refractivity contribution in [1.82, 2.24) is 0 Å². The molecule has 0 aromatic heterocycles. The summed E-state index contributed by atoms with van der Waals surface area (Å²) < 4.78 is 2.21. The van der Waals surface area contributed by atoms with Crippen LogP contribution in [0.4, 0.5) is 11.4 Å². The summed E-state index contributed by atoms with van der Waals surface area (Å²) in [5, 5.41) is 0. The average Bonchev–Trinajstić information content (AvgIpc) is 2.74. The van der Waals surface area contributed by atoms with Gasteiger partial charge >= 0.3 is 0 Å². The molecule has 1 nitrogen and oxygen atoms in total. The number of hydrogen-bond acceptors (Lipinski definition) is 1. The van der Waals surface area contributed by atoms with Crippen LogP contribution in [0.5, 0.6) is 0 Å². The molecular formula is C25H24IN. The summed E-state index contributed by atoms with van der Waals surface area (Å²) in [6.45, 7) is 2.15. The van der Waals surface area contributed by atoms with Gasteiger partial charge in [-0.1, -0.05) is 85.8 Å². The normalized spacial score (nSPS) is 11.3. The van der Waals surface area contributed by atoms with Gasteiger partial charge in [-0.2, -0.15) is 0 Å². The van der Waals surface area contributed by atoms with Crippen molar-refractivity contribution < 1.29 is 0 Å². The second-order valence-corrected chi connectivity index (χ2v) is 7.30. The van der Waals surface area contributed by atoms with E-state index in [0.717, 1.165) is 12.8 Å². The third-order valence-corrected chi connectivity index (χ3v) is 5.43. The van der Waals surface area contributed by atoms with Gasteiger partial charge in [-0.15, -0.1) is 0 Å². The van der Waals surface area contributed by atoms with Gasteiger partial charge in [0, 0.05) is 0 Å². The highest BCUT2D eigenvalue weighted by atomic mass is 127. The minimum absolute atomic E-state index is 0.944. The Labute approximate surface area is 176 Å². The molecule has 3 rings (SSSR count). The Morgan fingerprint density at radius 2 is 1.44 bits per heavy atom. The molecule has 0 amide bonds. The first kappa shape index (κ1) is 19.4. The Hall–Kier alpha value is -2.33. The van der Waals surface area contributed by atoms with E-state index < -0.39 is 0 Å². The Morgan fingerprint density at radius 3 is 2.19 bits per heavy atom. The summed E-state index contributed by atoms with van der Waals surface area (Å²) in [6, 6.07) is 27.9. The van der Waals surface area contributed by atoms with Crippen LogP contribution < -0.4 is 3.11 Å². The van der Waals surface area contributed by atoms with Crippen LogP contribution in [0.1, 0.15) is 18.9 Å². The lowest BCUT2D eigenvalue weighted by atomic mass is 10.1. The number of hydrogen-bond donors (Lipinski definition) is 0. The van der Waals surface area contributed by atoms with E-state index >= 15 is 0 Å². The molecule has 0 bridgehead atoms.